The zero-order chi connectivity index (χ0) is 22.1. The highest BCUT2D eigenvalue weighted by molar-refractivity contribution is 6.35. The van der Waals surface area contributed by atoms with E-state index >= 15 is 0 Å². The van der Waals surface area contributed by atoms with Crippen LogP contribution in [0.25, 0.3) is 11.0 Å². The Bertz CT molecular complexity index is 1140. The number of likely N-dealkylation sites (N-methyl/N-ethyl adjacent to an activating group) is 1. The lowest BCUT2D eigenvalue weighted by Gasteiger charge is -2.35. The van der Waals surface area contributed by atoms with Gasteiger partial charge in [0.25, 0.3) is 5.91 Å². The van der Waals surface area contributed by atoms with E-state index in [1.807, 2.05) is 19.0 Å². The molecule has 31 heavy (non-hydrogen) atoms. The molecule has 8 nitrogen and oxygen atoms in total. The number of fused-ring (bicyclic) bond motifs is 3. The largest absolute Gasteiger partial charge is 0.382 e. The number of ether oxygens (including phenoxy) is 1. The van der Waals surface area contributed by atoms with Crippen LogP contribution in [0.4, 0.5) is 11.4 Å². The number of carbonyl (C=O) groups excluding carboxylic acids is 2. The number of methoxy groups -OCH3 is 1. The van der Waals surface area contributed by atoms with Crippen LogP contribution in [0.5, 0.6) is 0 Å². The van der Waals surface area contributed by atoms with Crippen molar-refractivity contribution in [3.05, 3.63) is 52.8 Å². The van der Waals surface area contributed by atoms with E-state index in [1.54, 1.807) is 48.7 Å². The minimum Gasteiger partial charge on any atom is -0.382 e. The van der Waals surface area contributed by atoms with Crippen molar-refractivity contribution in [2.75, 3.05) is 51.1 Å². The van der Waals surface area contributed by atoms with Gasteiger partial charge >= 0.3 is 0 Å². The number of ketones is 1. The number of rotatable bonds is 7. The average molecular weight is 442 g/mol. The third kappa shape index (κ3) is 3.89. The van der Waals surface area contributed by atoms with Gasteiger partial charge in [-0.3, -0.25) is 9.59 Å². The summed E-state index contributed by atoms with van der Waals surface area (Å²) in [5, 5.41) is 4.29. The molecule has 1 unspecified atom stereocenters. The molecule has 3 heterocycles. The molecule has 2 N–H and O–H groups in total. The molecule has 1 amide bonds. The van der Waals surface area contributed by atoms with Crippen molar-refractivity contribution in [1.82, 2.24) is 14.9 Å². The van der Waals surface area contributed by atoms with Crippen molar-refractivity contribution in [3.63, 3.8) is 0 Å². The Morgan fingerprint density at radius 2 is 2.06 bits per heavy atom. The zero-order valence-electron chi connectivity index (χ0n) is 17.6. The molecular formula is C22H24ClN5O3. The first kappa shape index (κ1) is 21.3. The first-order valence-corrected chi connectivity index (χ1v) is 10.3. The van der Waals surface area contributed by atoms with Crippen LogP contribution in [0.3, 0.4) is 0 Å². The Labute approximate surface area is 185 Å². The van der Waals surface area contributed by atoms with E-state index in [0.29, 0.717) is 51.6 Å². The zero-order valence-corrected chi connectivity index (χ0v) is 18.4. The lowest BCUT2D eigenvalue weighted by atomic mass is 10.0. The molecule has 1 aromatic carbocycles. The molecule has 2 aromatic heterocycles. The van der Waals surface area contributed by atoms with E-state index in [0.717, 1.165) is 0 Å². The van der Waals surface area contributed by atoms with E-state index < -0.39 is 6.04 Å². The molecule has 162 valence electrons. The number of H-pyrrole nitrogens is 1. The predicted octanol–water partition coefficient (Wildman–Crippen LogP) is 2.78. The van der Waals surface area contributed by atoms with Gasteiger partial charge in [0.05, 0.1) is 40.2 Å². The summed E-state index contributed by atoms with van der Waals surface area (Å²) in [6.07, 6.45) is 3.29. The molecule has 0 saturated carbocycles. The summed E-state index contributed by atoms with van der Waals surface area (Å²) in [5.74, 6) is -0.305. The number of amides is 1. The fourth-order valence-corrected chi connectivity index (χ4v) is 3.98. The number of aromatic amines is 1. The Morgan fingerprint density at radius 1 is 1.29 bits per heavy atom. The second-order valence-electron chi connectivity index (χ2n) is 7.70. The van der Waals surface area contributed by atoms with Gasteiger partial charge in [-0.25, -0.2) is 4.98 Å². The second-order valence-corrected chi connectivity index (χ2v) is 8.11. The highest BCUT2D eigenvalue weighted by Gasteiger charge is 2.35. The Balaban J connectivity index is 1.86. The van der Waals surface area contributed by atoms with Gasteiger partial charge in [-0.1, -0.05) is 23.7 Å². The summed E-state index contributed by atoms with van der Waals surface area (Å²) < 4.78 is 5.27. The van der Waals surface area contributed by atoms with Gasteiger partial charge in [0.1, 0.15) is 11.7 Å². The maximum atomic E-state index is 13.3. The molecule has 0 fully saturated rings. The molecule has 0 spiro atoms. The monoisotopic (exact) mass is 441 g/mol. The third-order valence-corrected chi connectivity index (χ3v) is 5.65. The van der Waals surface area contributed by atoms with Gasteiger partial charge in [-0.2, -0.15) is 0 Å². The minimum absolute atomic E-state index is 0.0909. The summed E-state index contributed by atoms with van der Waals surface area (Å²) in [4.78, 5) is 37.7. The minimum atomic E-state index is -0.566. The van der Waals surface area contributed by atoms with Crippen molar-refractivity contribution in [1.29, 1.82) is 0 Å². The number of nitrogens with one attached hydrogen (secondary N) is 2. The number of carbonyl (C=O) groups is 2. The van der Waals surface area contributed by atoms with E-state index in [9.17, 15) is 9.59 Å². The molecule has 4 rings (SSSR count). The number of hydrogen-bond acceptors (Lipinski definition) is 6. The summed E-state index contributed by atoms with van der Waals surface area (Å²) in [5.41, 5.74) is 2.73. The highest BCUT2D eigenvalue weighted by Crippen LogP contribution is 2.39. The summed E-state index contributed by atoms with van der Waals surface area (Å²) in [6, 6.07) is 6.37. The summed E-state index contributed by atoms with van der Waals surface area (Å²) in [7, 11) is 5.46. The van der Waals surface area contributed by atoms with Crippen molar-refractivity contribution in [2.24, 2.45) is 0 Å². The molecule has 3 aromatic rings. The fourth-order valence-electron chi connectivity index (χ4n) is 3.76. The Hall–Kier alpha value is -2.94. The van der Waals surface area contributed by atoms with Crippen molar-refractivity contribution < 1.29 is 14.3 Å². The average Bonchev–Trinajstić information content (AvgIpc) is 3.18. The molecule has 1 aliphatic rings. The van der Waals surface area contributed by atoms with E-state index in [-0.39, 0.29) is 18.3 Å². The molecule has 0 aliphatic carbocycles. The number of aromatic nitrogens is 2. The maximum absolute atomic E-state index is 13.3. The molecule has 0 saturated heterocycles. The van der Waals surface area contributed by atoms with Crippen LogP contribution in [0, 0.1) is 0 Å². The quantitative estimate of drug-likeness (QED) is 0.548. The smallest absolute Gasteiger partial charge is 0.252 e. The normalized spacial score (nSPS) is 16.0. The second kappa shape index (κ2) is 8.66. The Kier molecular flexibility index (Phi) is 5.95. The molecule has 0 bridgehead atoms. The molecule has 0 radical (unpaired) electrons. The van der Waals surface area contributed by atoms with Crippen LogP contribution in [-0.4, -0.2) is 73.5 Å². The third-order valence-electron chi connectivity index (χ3n) is 5.32. The first-order valence-electron chi connectivity index (χ1n) is 9.93. The first-order chi connectivity index (χ1) is 14.9. The van der Waals surface area contributed by atoms with Crippen LogP contribution in [0.15, 0.2) is 36.7 Å². The van der Waals surface area contributed by atoms with Gasteiger partial charge in [0.2, 0.25) is 0 Å². The van der Waals surface area contributed by atoms with Crippen molar-refractivity contribution in [3.8, 4) is 0 Å². The fraction of sp³-hybridized carbons (Fsp3) is 0.318. The van der Waals surface area contributed by atoms with Gasteiger partial charge in [-0.15, -0.1) is 0 Å². The van der Waals surface area contributed by atoms with Crippen LogP contribution in [0.2, 0.25) is 5.02 Å². The molecule has 1 atom stereocenters. The van der Waals surface area contributed by atoms with Gasteiger partial charge < -0.3 is 24.8 Å². The number of nitrogens with zero attached hydrogens (tertiary/aromatic N) is 3. The lowest BCUT2D eigenvalue weighted by Crippen LogP contribution is -2.51. The van der Waals surface area contributed by atoms with E-state index in [4.69, 9.17) is 16.3 Å². The van der Waals surface area contributed by atoms with Crippen LogP contribution in [0.1, 0.15) is 15.9 Å². The summed E-state index contributed by atoms with van der Waals surface area (Å²) >= 11 is 6.27. The van der Waals surface area contributed by atoms with Crippen LogP contribution >= 0.6 is 11.6 Å². The number of hydrogen-bond donors (Lipinski definition) is 2. The highest BCUT2D eigenvalue weighted by atomic mass is 35.5. The SMILES string of the molecule is COCC1Nc2c(cnc3[nH]cc(C(=O)c4ccccc4Cl)c23)N(CCN(C)C)C1=O. The van der Waals surface area contributed by atoms with Crippen molar-refractivity contribution >= 4 is 45.7 Å². The topological polar surface area (TPSA) is 90.6 Å². The molecule has 9 heteroatoms. The summed E-state index contributed by atoms with van der Waals surface area (Å²) in [6.45, 7) is 1.38. The van der Waals surface area contributed by atoms with Crippen LogP contribution in [-0.2, 0) is 9.53 Å². The van der Waals surface area contributed by atoms with E-state index in [2.05, 4.69) is 15.3 Å². The Morgan fingerprint density at radius 3 is 2.77 bits per heavy atom. The van der Waals surface area contributed by atoms with Crippen molar-refractivity contribution in [2.45, 2.75) is 6.04 Å². The van der Waals surface area contributed by atoms with Gasteiger partial charge in [0, 0.05) is 32.0 Å². The lowest BCUT2D eigenvalue weighted by molar-refractivity contribution is -0.120. The van der Waals surface area contributed by atoms with Crippen LogP contribution < -0.4 is 10.2 Å². The predicted molar refractivity (Wildman–Crippen MR) is 121 cm³/mol. The molecular weight excluding hydrogens is 418 g/mol. The van der Waals surface area contributed by atoms with E-state index in [1.165, 1.54) is 0 Å². The standard InChI is InChI=1S/C22H24ClN5O3/c1-27(2)8-9-28-17-11-25-21-18(19(17)26-16(12-31-3)22(28)30)14(10-24-21)20(29)13-6-4-5-7-15(13)23/h4-7,10-11,16,26H,8-9,12H2,1-3H3,(H,24,25). The number of benzene rings is 1. The van der Waals surface area contributed by atoms with Gasteiger partial charge in [0.15, 0.2) is 5.78 Å². The number of pyridine rings is 1. The number of anilines is 2. The molecule has 1 aliphatic heterocycles. The maximum Gasteiger partial charge on any atom is 0.252 e. The van der Waals surface area contributed by atoms with Gasteiger partial charge in [-0.05, 0) is 26.2 Å². The number of halogens is 1.